The van der Waals surface area contributed by atoms with Crippen LogP contribution in [0.5, 0.6) is 0 Å². The maximum absolute atomic E-state index is 14.5. The molecule has 1 aliphatic carbocycles. The summed E-state index contributed by atoms with van der Waals surface area (Å²) in [5.41, 5.74) is 1.60. The van der Waals surface area contributed by atoms with Gasteiger partial charge in [0.05, 0.1) is 6.42 Å². The molecule has 0 bridgehead atoms. The monoisotopic (exact) mass is 477 g/mol. The van der Waals surface area contributed by atoms with Gasteiger partial charge in [-0.2, -0.15) is 13.2 Å². The van der Waals surface area contributed by atoms with Crippen molar-refractivity contribution < 1.29 is 22.4 Å². The first kappa shape index (κ1) is 19.6. The summed E-state index contributed by atoms with van der Waals surface area (Å²) in [5, 5.41) is 1.90. The van der Waals surface area contributed by atoms with Crippen LogP contribution in [0.3, 0.4) is 0 Å². The number of hydrogen-bond donors (Lipinski definition) is 1. The Morgan fingerprint density at radius 2 is 2.14 bits per heavy atom. The molecule has 0 saturated heterocycles. The summed E-state index contributed by atoms with van der Waals surface area (Å²) >= 11 is 8.84. The van der Waals surface area contributed by atoms with Crippen LogP contribution in [-0.4, -0.2) is 27.8 Å². The zero-order valence-corrected chi connectivity index (χ0v) is 17.1. The van der Waals surface area contributed by atoms with Crippen molar-refractivity contribution >= 4 is 34.1 Å². The highest BCUT2D eigenvalue weighted by atomic mass is 79.9. The molecule has 1 aromatic heterocycles. The quantitative estimate of drug-likeness (QED) is 0.531. The summed E-state index contributed by atoms with van der Waals surface area (Å²) in [6.07, 6.45) is -3.95. The minimum atomic E-state index is -4.46. The average Bonchev–Trinajstić information content (AvgIpc) is 3.17. The number of fused-ring (bicyclic) bond motifs is 3. The Balaban J connectivity index is 1.64. The molecule has 1 aliphatic heterocycles. The standard InChI is InChI=1S/C18H16BrF4N3OS/c1-25-13(5-14(27)24-7-18(21,22)23)15-11-6-17(11,8-26(15)16(25)28)10-4-9(19)2-3-12(10)20/h2-4,11H,5-8H2,1H3,(H,24,27)/t11?,17-/m1/s1. The molecule has 1 saturated carbocycles. The van der Waals surface area contributed by atoms with E-state index in [1.165, 1.54) is 6.07 Å². The van der Waals surface area contributed by atoms with Gasteiger partial charge in [-0.05, 0) is 42.4 Å². The number of benzene rings is 1. The van der Waals surface area contributed by atoms with Crippen LogP contribution >= 0.6 is 28.1 Å². The predicted octanol–water partition coefficient (Wildman–Crippen LogP) is 4.12. The lowest BCUT2D eigenvalue weighted by Crippen LogP contribution is -2.35. The number of aromatic nitrogens is 2. The molecule has 150 valence electrons. The smallest absolute Gasteiger partial charge is 0.347 e. The van der Waals surface area contributed by atoms with E-state index in [1.807, 2.05) is 9.88 Å². The molecule has 10 heteroatoms. The number of alkyl halides is 3. The number of nitrogens with zero attached hydrogens (tertiary/aromatic N) is 2. The molecule has 1 aromatic carbocycles. The van der Waals surface area contributed by atoms with Gasteiger partial charge in [0, 0.05) is 40.8 Å². The summed E-state index contributed by atoms with van der Waals surface area (Å²) in [5.74, 6) is -1.02. The van der Waals surface area contributed by atoms with E-state index in [2.05, 4.69) is 15.9 Å². The van der Waals surface area contributed by atoms with Gasteiger partial charge in [-0.3, -0.25) is 4.79 Å². The number of amides is 1. The normalized spacial score (nSPS) is 22.7. The second kappa shape index (κ2) is 6.41. The molecule has 1 N–H and O–H groups in total. The topological polar surface area (TPSA) is 39.0 Å². The Bertz CT molecular complexity index is 1040. The van der Waals surface area contributed by atoms with Gasteiger partial charge in [0.2, 0.25) is 5.91 Å². The van der Waals surface area contributed by atoms with Crippen LogP contribution in [0, 0.1) is 10.6 Å². The molecule has 2 atom stereocenters. The second-order valence-electron chi connectivity index (χ2n) is 7.37. The van der Waals surface area contributed by atoms with Crippen molar-refractivity contribution in [3.63, 3.8) is 0 Å². The third-order valence-corrected chi connectivity index (χ3v) is 6.62. The van der Waals surface area contributed by atoms with E-state index in [4.69, 9.17) is 12.2 Å². The Labute approximate surface area is 171 Å². The van der Waals surface area contributed by atoms with E-state index in [9.17, 15) is 22.4 Å². The average molecular weight is 478 g/mol. The molecule has 4 nitrogen and oxygen atoms in total. The minimum Gasteiger partial charge on any atom is -0.347 e. The van der Waals surface area contributed by atoms with Crippen molar-refractivity contribution in [1.82, 2.24) is 14.5 Å². The lowest BCUT2D eigenvalue weighted by atomic mass is 9.93. The SMILES string of the molecule is Cn1c(CC(=O)NCC(F)(F)F)c2n(c1=S)C[C@@]1(c3cc(Br)ccc3F)CC21. The van der Waals surface area contributed by atoms with Crippen molar-refractivity contribution in [3.8, 4) is 0 Å². The maximum atomic E-state index is 14.5. The van der Waals surface area contributed by atoms with Crippen LogP contribution in [0.15, 0.2) is 22.7 Å². The van der Waals surface area contributed by atoms with Crippen molar-refractivity contribution in [2.45, 2.75) is 36.9 Å². The van der Waals surface area contributed by atoms with Gasteiger partial charge in [0.25, 0.3) is 0 Å². The van der Waals surface area contributed by atoms with E-state index in [1.54, 1.807) is 23.7 Å². The first-order chi connectivity index (χ1) is 13.0. The fraction of sp³-hybridized carbons (Fsp3) is 0.444. The Hall–Kier alpha value is -1.68. The van der Waals surface area contributed by atoms with E-state index < -0.39 is 24.0 Å². The van der Waals surface area contributed by atoms with E-state index >= 15 is 0 Å². The third kappa shape index (κ3) is 3.10. The first-order valence-corrected chi connectivity index (χ1v) is 9.81. The minimum absolute atomic E-state index is 0.00961. The lowest BCUT2D eigenvalue weighted by Gasteiger charge is -2.15. The van der Waals surface area contributed by atoms with Gasteiger partial charge < -0.3 is 14.5 Å². The number of nitrogens with one attached hydrogen (secondary N) is 1. The van der Waals surface area contributed by atoms with E-state index in [-0.39, 0.29) is 18.2 Å². The van der Waals surface area contributed by atoms with Crippen LogP contribution in [0.1, 0.15) is 29.3 Å². The zero-order valence-electron chi connectivity index (χ0n) is 14.7. The summed E-state index contributed by atoms with van der Waals surface area (Å²) in [6.45, 7) is -0.875. The summed E-state index contributed by atoms with van der Waals surface area (Å²) in [6, 6.07) is 4.81. The number of carbonyl (C=O) groups is 1. The highest BCUT2D eigenvalue weighted by Crippen LogP contribution is 2.66. The van der Waals surface area contributed by atoms with Gasteiger partial charge in [-0.25, -0.2) is 4.39 Å². The largest absolute Gasteiger partial charge is 0.405 e. The molecular formula is C18H16BrF4N3OS. The Morgan fingerprint density at radius 3 is 2.82 bits per heavy atom. The predicted molar refractivity (Wildman–Crippen MR) is 100 cm³/mol. The number of carbonyl (C=O) groups excluding carboxylic acids is 1. The first-order valence-electron chi connectivity index (χ1n) is 8.61. The summed E-state index contributed by atoms with van der Waals surface area (Å²) in [4.78, 5) is 12.1. The van der Waals surface area contributed by atoms with Crippen LogP contribution < -0.4 is 5.32 Å². The maximum Gasteiger partial charge on any atom is 0.405 e. The van der Waals surface area contributed by atoms with Crippen LogP contribution in [-0.2, 0) is 30.2 Å². The lowest BCUT2D eigenvalue weighted by molar-refractivity contribution is -0.138. The van der Waals surface area contributed by atoms with Crippen LogP contribution in [0.25, 0.3) is 0 Å². The van der Waals surface area contributed by atoms with Crippen molar-refractivity contribution in [3.05, 3.63) is 50.2 Å². The van der Waals surface area contributed by atoms with E-state index in [0.717, 1.165) is 16.6 Å². The molecule has 1 unspecified atom stereocenters. The Morgan fingerprint density at radius 1 is 1.43 bits per heavy atom. The molecule has 2 aliphatic rings. The number of halogens is 5. The molecule has 2 heterocycles. The molecular weight excluding hydrogens is 462 g/mol. The van der Waals surface area contributed by atoms with Gasteiger partial charge in [-0.1, -0.05) is 15.9 Å². The molecule has 28 heavy (non-hydrogen) atoms. The molecule has 0 spiro atoms. The summed E-state index contributed by atoms with van der Waals surface area (Å²) < 4.78 is 56.4. The number of rotatable bonds is 4. The van der Waals surface area contributed by atoms with Crippen molar-refractivity contribution in [2.75, 3.05) is 6.54 Å². The van der Waals surface area contributed by atoms with Gasteiger partial charge in [0.15, 0.2) is 4.77 Å². The van der Waals surface area contributed by atoms with Gasteiger partial charge in [-0.15, -0.1) is 0 Å². The highest BCUT2D eigenvalue weighted by Gasteiger charge is 2.63. The van der Waals surface area contributed by atoms with Crippen molar-refractivity contribution in [2.24, 2.45) is 7.05 Å². The van der Waals surface area contributed by atoms with Crippen LogP contribution in [0.2, 0.25) is 0 Å². The van der Waals surface area contributed by atoms with Gasteiger partial charge >= 0.3 is 6.18 Å². The summed E-state index contributed by atoms with van der Waals surface area (Å²) in [7, 11) is 1.70. The third-order valence-electron chi connectivity index (χ3n) is 5.63. The Kier molecular flexibility index (Phi) is 4.50. The van der Waals surface area contributed by atoms with Crippen molar-refractivity contribution in [1.29, 1.82) is 0 Å². The second-order valence-corrected chi connectivity index (χ2v) is 8.65. The molecule has 4 rings (SSSR count). The fourth-order valence-corrected chi connectivity index (χ4v) is 4.91. The highest BCUT2D eigenvalue weighted by molar-refractivity contribution is 9.10. The zero-order chi connectivity index (χ0) is 20.4. The van der Waals surface area contributed by atoms with E-state index in [0.29, 0.717) is 22.6 Å². The number of hydrogen-bond acceptors (Lipinski definition) is 2. The van der Waals surface area contributed by atoms with Gasteiger partial charge in [0.1, 0.15) is 12.4 Å². The fourth-order valence-electron chi connectivity index (χ4n) is 4.27. The molecule has 1 amide bonds. The molecule has 1 fully saturated rings. The molecule has 2 aromatic rings. The number of imidazole rings is 1. The molecule has 0 radical (unpaired) electrons. The van der Waals surface area contributed by atoms with Crippen LogP contribution in [0.4, 0.5) is 17.6 Å².